The van der Waals surface area contributed by atoms with Crippen molar-refractivity contribution in [3.8, 4) is 5.75 Å². The second-order valence-corrected chi connectivity index (χ2v) is 7.79. The first-order chi connectivity index (χ1) is 14.5. The molecule has 2 aromatic carbocycles. The summed E-state index contributed by atoms with van der Waals surface area (Å²) in [6, 6.07) is 13.3. The van der Waals surface area contributed by atoms with E-state index in [9.17, 15) is 9.59 Å². The summed E-state index contributed by atoms with van der Waals surface area (Å²) in [4.78, 5) is 30.7. The highest BCUT2D eigenvalue weighted by atomic mass is 16.5. The minimum atomic E-state index is -0.463. The maximum atomic E-state index is 13.3. The Morgan fingerprint density at radius 2 is 2.03 bits per heavy atom. The van der Waals surface area contributed by atoms with Crippen molar-refractivity contribution < 1.29 is 14.3 Å². The van der Waals surface area contributed by atoms with Crippen LogP contribution in [0.5, 0.6) is 5.75 Å². The number of anilines is 1. The van der Waals surface area contributed by atoms with Gasteiger partial charge in [0.25, 0.3) is 11.5 Å². The number of nitrogens with one attached hydrogen (secondary N) is 1. The largest absolute Gasteiger partial charge is 0.497 e. The van der Waals surface area contributed by atoms with Gasteiger partial charge < -0.3 is 19.4 Å². The Kier molecular flexibility index (Phi) is 5.59. The number of amides is 1. The summed E-state index contributed by atoms with van der Waals surface area (Å²) >= 11 is 0. The van der Waals surface area contributed by atoms with Crippen molar-refractivity contribution in [1.82, 2.24) is 4.98 Å². The zero-order valence-electron chi connectivity index (χ0n) is 17.5. The molecule has 1 amide bonds. The molecule has 0 saturated carbocycles. The predicted octanol–water partition coefficient (Wildman–Crippen LogP) is 3.87. The van der Waals surface area contributed by atoms with Crippen LogP contribution in [0.1, 0.15) is 29.5 Å². The summed E-state index contributed by atoms with van der Waals surface area (Å²) in [6.07, 6.45) is 1.11. The lowest BCUT2D eigenvalue weighted by atomic mass is 10.1. The summed E-state index contributed by atoms with van der Waals surface area (Å²) in [6.45, 7) is 4.77. The molecule has 2 heterocycles. The number of ether oxygens (including phenoxy) is 2. The van der Waals surface area contributed by atoms with Crippen molar-refractivity contribution in [2.75, 3.05) is 18.6 Å². The Morgan fingerprint density at radius 3 is 2.73 bits per heavy atom. The molecule has 0 bridgehead atoms. The third-order valence-corrected chi connectivity index (χ3v) is 5.57. The van der Waals surface area contributed by atoms with Gasteiger partial charge in [0.1, 0.15) is 11.9 Å². The van der Waals surface area contributed by atoms with Gasteiger partial charge in [0.2, 0.25) is 0 Å². The summed E-state index contributed by atoms with van der Waals surface area (Å²) in [5.41, 5.74) is 3.92. The number of aromatic amines is 1. The summed E-state index contributed by atoms with van der Waals surface area (Å²) in [7, 11) is 1.59. The second kappa shape index (κ2) is 8.32. The van der Waals surface area contributed by atoms with Crippen LogP contribution in [0.25, 0.3) is 10.9 Å². The van der Waals surface area contributed by atoms with Gasteiger partial charge in [-0.25, -0.2) is 0 Å². The Balaban J connectivity index is 1.75. The normalized spacial score (nSPS) is 16.0. The van der Waals surface area contributed by atoms with Gasteiger partial charge in [-0.15, -0.1) is 0 Å². The van der Waals surface area contributed by atoms with Crippen molar-refractivity contribution in [3.05, 3.63) is 69.5 Å². The number of carbonyl (C=O) groups excluding carboxylic acids is 1. The summed E-state index contributed by atoms with van der Waals surface area (Å²) in [5, 5.41) is 0.885. The lowest BCUT2D eigenvalue weighted by molar-refractivity contribution is -0.127. The average Bonchev–Trinajstić information content (AvgIpc) is 3.27. The summed E-state index contributed by atoms with van der Waals surface area (Å²) < 4.78 is 10.9. The Labute approximate surface area is 175 Å². The van der Waals surface area contributed by atoms with Gasteiger partial charge in [0.05, 0.1) is 19.2 Å². The minimum Gasteiger partial charge on any atom is -0.497 e. The number of benzene rings is 2. The molecule has 30 heavy (non-hydrogen) atoms. The van der Waals surface area contributed by atoms with E-state index in [1.54, 1.807) is 18.1 Å². The van der Waals surface area contributed by atoms with Crippen LogP contribution in [0.4, 0.5) is 5.69 Å². The van der Waals surface area contributed by atoms with E-state index in [-0.39, 0.29) is 18.0 Å². The number of carbonyl (C=O) groups is 1. The molecule has 1 N–H and O–H groups in total. The number of hydrogen-bond acceptors (Lipinski definition) is 4. The molecule has 1 aromatic heterocycles. The molecular formula is C24H26N2O4. The number of aryl methyl sites for hydroxylation is 2. The number of fused-ring (bicyclic) bond motifs is 1. The molecule has 1 fully saturated rings. The average molecular weight is 406 g/mol. The molecule has 1 saturated heterocycles. The maximum Gasteiger partial charge on any atom is 0.256 e. The molecule has 1 aliphatic rings. The standard InChI is InChI=1S/C24H26N2O4/c1-15-6-9-21(16(2)11-15)26(24(28)22-5-4-10-30-22)14-18-12-17-7-8-19(29-3)13-20(17)25-23(18)27/h6-9,11-13,22H,4-5,10,14H2,1-3H3,(H,25,27)/t22-/m0/s1. The Morgan fingerprint density at radius 1 is 1.20 bits per heavy atom. The van der Waals surface area contributed by atoms with Gasteiger partial charge >= 0.3 is 0 Å². The molecule has 4 rings (SSSR count). The molecule has 0 aliphatic carbocycles. The maximum absolute atomic E-state index is 13.3. The Hall–Kier alpha value is -3.12. The van der Waals surface area contributed by atoms with E-state index in [0.29, 0.717) is 29.9 Å². The van der Waals surface area contributed by atoms with Crippen molar-refractivity contribution in [1.29, 1.82) is 0 Å². The van der Waals surface area contributed by atoms with Crippen LogP contribution in [-0.2, 0) is 16.1 Å². The lowest BCUT2D eigenvalue weighted by Crippen LogP contribution is -2.40. The van der Waals surface area contributed by atoms with Gasteiger partial charge in [-0.05, 0) is 61.9 Å². The SMILES string of the molecule is COc1ccc2cc(CN(C(=O)[C@@H]3CCCO3)c3ccc(C)cc3C)c(=O)[nH]c2c1. The number of pyridine rings is 1. The third kappa shape index (κ3) is 3.96. The van der Waals surface area contributed by atoms with Crippen LogP contribution in [0.15, 0.2) is 47.3 Å². The van der Waals surface area contributed by atoms with E-state index in [4.69, 9.17) is 9.47 Å². The molecule has 6 heteroatoms. The van der Waals surface area contributed by atoms with E-state index in [1.807, 2.05) is 50.2 Å². The van der Waals surface area contributed by atoms with Crippen LogP contribution < -0.4 is 15.2 Å². The summed E-state index contributed by atoms with van der Waals surface area (Å²) in [5.74, 6) is 0.574. The molecule has 1 aliphatic heterocycles. The van der Waals surface area contributed by atoms with Gasteiger partial charge in [0, 0.05) is 23.9 Å². The fourth-order valence-corrected chi connectivity index (χ4v) is 3.98. The van der Waals surface area contributed by atoms with Crippen LogP contribution >= 0.6 is 0 Å². The zero-order chi connectivity index (χ0) is 21.3. The van der Waals surface area contributed by atoms with Crippen molar-refractivity contribution in [2.24, 2.45) is 0 Å². The van der Waals surface area contributed by atoms with Crippen LogP contribution in [0, 0.1) is 13.8 Å². The van der Waals surface area contributed by atoms with Crippen LogP contribution in [0.3, 0.4) is 0 Å². The van der Waals surface area contributed by atoms with E-state index in [1.165, 1.54) is 0 Å². The minimum absolute atomic E-state index is 0.103. The molecule has 0 unspecified atom stereocenters. The van der Waals surface area contributed by atoms with E-state index in [0.717, 1.165) is 28.6 Å². The first-order valence-corrected chi connectivity index (χ1v) is 10.2. The van der Waals surface area contributed by atoms with Gasteiger partial charge in [-0.1, -0.05) is 17.7 Å². The number of aromatic nitrogens is 1. The fourth-order valence-electron chi connectivity index (χ4n) is 3.98. The van der Waals surface area contributed by atoms with Crippen molar-refractivity contribution in [2.45, 2.75) is 39.3 Å². The highest BCUT2D eigenvalue weighted by Gasteiger charge is 2.30. The first kappa shape index (κ1) is 20.2. The van der Waals surface area contributed by atoms with E-state index in [2.05, 4.69) is 4.98 Å². The first-order valence-electron chi connectivity index (χ1n) is 10.2. The molecule has 156 valence electrons. The molecule has 0 spiro atoms. The number of H-pyrrole nitrogens is 1. The number of nitrogens with zero attached hydrogens (tertiary/aromatic N) is 1. The number of methoxy groups -OCH3 is 1. The molecular weight excluding hydrogens is 380 g/mol. The predicted molar refractivity (Wildman–Crippen MR) is 117 cm³/mol. The number of hydrogen-bond donors (Lipinski definition) is 1. The highest BCUT2D eigenvalue weighted by Crippen LogP contribution is 2.27. The Bertz CT molecular complexity index is 1150. The zero-order valence-corrected chi connectivity index (χ0v) is 17.5. The molecule has 0 radical (unpaired) electrons. The van der Waals surface area contributed by atoms with Crippen LogP contribution in [0.2, 0.25) is 0 Å². The third-order valence-electron chi connectivity index (χ3n) is 5.57. The second-order valence-electron chi connectivity index (χ2n) is 7.79. The quantitative estimate of drug-likeness (QED) is 0.698. The van der Waals surface area contributed by atoms with Crippen molar-refractivity contribution >= 4 is 22.5 Å². The van der Waals surface area contributed by atoms with E-state index < -0.39 is 6.10 Å². The van der Waals surface area contributed by atoms with Gasteiger partial charge in [0.15, 0.2) is 0 Å². The fraction of sp³-hybridized carbons (Fsp3) is 0.333. The van der Waals surface area contributed by atoms with Gasteiger partial charge in [-0.3, -0.25) is 9.59 Å². The lowest BCUT2D eigenvalue weighted by Gasteiger charge is -2.27. The molecule has 1 atom stereocenters. The van der Waals surface area contributed by atoms with Gasteiger partial charge in [-0.2, -0.15) is 0 Å². The number of rotatable bonds is 5. The molecule has 3 aromatic rings. The molecule has 6 nitrogen and oxygen atoms in total. The smallest absolute Gasteiger partial charge is 0.256 e. The topological polar surface area (TPSA) is 71.6 Å². The van der Waals surface area contributed by atoms with Crippen LogP contribution in [-0.4, -0.2) is 30.7 Å². The highest BCUT2D eigenvalue weighted by molar-refractivity contribution is 5.97. The van der Waals surface area contributed by atoms with Crippen molar-refractivity contribution in [3.63, 3.8) is 0 Å². The monoisotopic (exact) mass is 406 g/mol. The van der Waals surface area contributed by atoms with E-state index >= 15 is 0 Å².